The molecule has 2 aromatic carbocycles. The van der Waals surface area contributed by atoms with Gasteiger partial charge in [0.05, 0.1) is 0 Å². The molecular formula is C15H11Br2F4N3OS. The van der Waals surface area contributed by atoms with Crippen molar-refractivity contribution < 1.29 is 22.4 Å². The number of nitrogen functional groups attached to an aromatic ring is 1. The van der Waals surface area contributed by atoms with Gasteiger partial charge in [0.1, 0.15) is 23.0 Å². The third-order valence-corrected chi connectivity index (χ3v) is 3.70. The molecule has 0 aliphatic carbocycles. The minimum atomic E-state index is -0.806. The van der Waals surface area contributed by atoms with Crippen molar-refractivity contribution in [3.05, 3.63) is 56.5 Å². The summed E-state index contributed by atoms with van der Waals surface area (Å²) in [5.41, 5.74) is 4.14. The first-order valence-electron chi connectivity index (χ1n) is 6.64. The Morgan fingerprint density at radius 1 is 0.962 bits per heavy atom. The molecule has 4 nitrogen and oxygen atoms in total. The van der Waals surface area contributed by atoms with Gasteiger partial charge in [-0.25, -0.2) is 17.6 Å². The van der Waals surface area contributed by atoms with E-state index < -0.39 is 40.6 Å². The zero-order valence-corrected chi connectivity index (χ0v) is 17.0. The highest BCUT2D eigenvalue weighted by Crippen LogP contribution is 2.23. The van der Waals surface area contributed by atoms with Gasteiger partial charge in [-0.2, -0.15) is 0 Å². The number of halogens is 6. The summed E-state index contributed by atoms with van der Waals surface area (Å²) in [4.78, 5) is 10.6. The van der Waals surface area contributed by atoms with Crippen molar-refractivity contribution in [2.45, 2.75) is 6.92 Å². The highest BCUT2D eigenvalue weighted by atomic mass is 79.9. The molecule has 0 atom stereocenters. The lowest BCUT2D eigenvalue weighted by molar-refractivity contribution is -0.117. The number of nitrogens with two attached hydrogens (primary N) is 1. The molecule has 0 unspecified atom stereocenters. The Bertz CT molecular complexity index is 806. The molecule has 26 heavy (non-hydrogen) atoms. The van der Waals surface area contributed by atoms with E-state index in [0.29, 0.717) is 4.47 Å². The van der Waals surface area contributed by atoms with E-state index in [1.54, 1.807) is 0 Å². The van der Waals surface area contributed by atoms with E-state index in [1.807, 2.05) is 0 Å². The molecule has 2 aromatic rings. The van der Waals surface area contributed by atoms with Gasteiger partial charge in [-0.3, -0.25) is 4.79 Å². The van der Waals surface area contributed by atoms with Crippen molar-refractivity contribution in [2.75, 3.05) is 11.1 Å². The fraction of sp³-hybridized carbons (Fsp3) is 0.0667. The van der Waals surface area contributed by atoms with E-state index in [1.165, 1.54) is 6.92 Å². The second kappa shape index (κ2) is 9.83. The summed E-state index contributed by atoms with van der Waals surface area (Å²) >= 11 is 10.5. The summed E-state index contributed by atoms with van der Waals surface area (Å²) in [5.74, 6) is -3.52. The van der Waals surface area contributed by atoms with E-state index in [9.17, 15) is 22.4 Å². The maximum Gasteiger partial charge on any atom is 0.222 e. The Labute approximate surface area is 168 Å². The maximum absolute atomic E-state index is 13.3. The number of thiocarbonyl (C=S) groups is 1. The molecule has 11 heteroatoms. The lowest BCUT2D eigenvalue weighted by Crippen LogP contribution is -2.32. The summed E-state index contributed by atoms with van der Waals surface area (Å²) < 4.78 is 52.1. The molecule has 2 rings (SSSR count). The van der Waals surface area contributed by atoms with Crippen molar-refractivity contribution in [3.8, 4) is 0 Å². The van der Waals surface area contributed by atoms with Gasteiger partial charge in [0.15, 0.2) is 16.7 Å². The minimum Gasteiger partial charge on any atom is -0.394 e. The zero-order chi connectivity index (χ0) is 20.0. The summed E-state index contributed by atoms with van der Waals surface area (Å²) in [6.45, 7) is 1.24. The predicted octanol–water partition coefficient (Wildman–Crippen LogP) is 4.87. The number of carbonyl (C=O) groups excluding carboxylic acids is 1. The average Bonchev–Trinajstić information content (AvgIpc) is 2.48. The Morgan fingerprint density at radius 2 is 1.35 bits per heavy atom. The SMILES string of the molecule is CC(=O)NC(=S)Nc1c(F)cc(Br)cc1F.Nc1c(F)cc(Br)cc1F. The molecule has 0 aliphatic rings. The van der Waals surface area contributed by atoms with Gasteiger partial charge in [-0.05, 0) is 36.5 Å². The number of benzene rings is 2. The number of hydrogen-bond donors (Lipinski definition) is 3. The molecule has 1 amide bonds. The van der Waals surface area contributed by atoms with E-state index in [0.717, 1.165) is 24.3 Å². The number of amides is 1. The molecule has 0 saturated carbocycles. The van der Waals surface area contributed by atoms with Crippen LogP contribution in [-0.2, 0) is 4.79 Å². The molecule has 0 fully saturated rings. The van der Waals surface area contributed by atoms with Gasteiger partial charge in [-0.15, -0.1) is 0 Å². The van der Waals surface area contributed by atoms with Crippen LogP contribution in [0, 0.1) is 23.3 Å². The Hall–Kier alpha value is -1.72. The van der Waals surface area contributed by atoms with Crippen LogP contribution in [0.1, 0.15) is 6.92 Å². The minimum absolute atomic E-state index is 0.160. The number of anilines is 2. The van der Waals surface area contributed by atoms with E-state index in [-0.39, 0.29) is 9.59 Å². The average molecular weight is 517 g/mol. The number of nitrogens with one attached hydrogen (secondary N) is 2. The van der Waals surface area contributed by atoms with Crippen LogP contribution in [0.2, 0.25) is 0 Å². The summed E-state index contributed by atoms with van der Waals surface area (Å²) in [5, 5.41) is 4.30. The van der Waals surface area contributed by atoms with Gasteiger partial charge >= 0.3 is 0 Å². The quantitative estimate of drug-likeness (QED) is 0.287. The smallest absolute Gasteiger partial charge is 0.222 e. The molecule has 0 saturated heterocycles. The van der Waals surface area contributed by atoms with Gasteiger partial charge in [-0.1, -0.05) is 31.9 Å². The third kappa shape index (κ3) is 6.89. The van der Waals surface area contributed by atoms with Crippen molar-refractivity contribution in [1.82, 2.24) is 5.32 Å². The number of hydrogen-bond acceptors (Lipinski definition) is 3. The topological polar surface area (TPSA) is 67.2 Å². The van der Waals surface area contributed by atoms with E-state index >= 15 is 0 Å². The standard InChI is InChI=1S/C9H7BrF2N2OS.C6H4BrF2N/c1-4(15)13-9(16)14-8-6(11)2-5(10)3-7(8)12;7-3-1-4(8)6(10)5(9)2-3/h2-3H,1H3,(H2,13,14,15,16);1-2H,10H2. The largest absolute Gasteiger partial charge is 0.394 e. The van der Waals surface area contributed by atoms with Gasteiger partial charge in [0.2, 0.25) is 5.91 Å². The van der Waals surface area contributed by atoms with Crippen molar-refractivity contribution >= 4 is 66.5 Å². The second-order valence-electron chi connectivity index (χ2n) is 4.66. The number of carbonyl (C=O) groups is 1. The Kier molecular flexibility index (Phi) is 8.44. The van der Waals surface area contributed by atoms with Crippen LogP contribution in [0.5, 0.6) is 0 Å². The van der Waals surface area contributed by atoms with Gasteiger partial charge in [0, 0.05) is 15.9 Å². The molecule has 4 N–H and O–H groups in total. The van der Waals surface area contributed by atoms with Crippen molar-refractivity contribution in [2.24, 2.45) is 0 Å². The number of rotatable bonds is 1. The molecule has 0 spiro atoms. The van der Waals surface area contributed by atoms with Crippen LogP contribution in [0.4, 0.5) is 28.9 Å². The molecule has 0 bridgehead atoms. The summed E-state index contributed by atoms with van der Waals surface area (Å²) in [6.07, 6.45) is 0. The first-order chi connectivity index (χ1) is 12.0. The molecule has 0 aromatic heterocycles. The highest BCUT2D eigenvalue weighted by Gasteiger charge is 2.12. The lowest BCUT2D eigenvalue weighted by atomic mass is 10.3. The summed E-state index contributed by atoms with van der Waals surface area (Å²) in [7, 11) is 0. The van der Waals surface area contributed by atoms with Crippen molar-refractivity contribution in [3.63, 3.8) is 0 Å². The summed E-state index contributed by atoms with van der Waals surface area (Å²) in [6, 6.07) is 4.39. The molecule has 0 aliphatic heterocycles. The van der Waals surface area contributed by atoms with Gasteiger partial charge < -0.3 is 16.4 Å². The van der Waals surface area contributed by atoms with Crippen LogP contribution in [0.15, 0.2) is 33.2 Å². The zero-order valence-electron chi connectivity index (χ0n) is 13.0. The van der Waals surface area contributed by atoms with Crippen LogP contribution in [0.25, 0.3) is 0 Å². The predicted molar refractivity (Wildman–Crippen MR) is 103 cm³/mol. The Balaban J connectivity index is 0.000000289. The Morgan fingerprint density at radius 3 is 1.73 bits per heavy atom. The van der Waals surface area contributed by atoms with Crippen LogP contribution >= 0.6 is 44.1 Å². The normalized spacial score (nSPS) is 9.81. The first kappa shape index (κ1) is 22.3. The fourth-order valence-electron chi connectivity index (χ4n) is 1.52. The maximum atomic E-state index is 13.3. The monoisotopic (exact) mass is 515 g/mol. The second-order valence-corrected chi connectivity index (χ2v) is 6.90. The first-order valence-corrected chi connectivity index (χ1v) is 8.63. The van der Waals surface area contributed by atoms with Crippen LogP contribution < -0.4 is 16.4 Å². The third-order valence-electron chi connectivity index (χ3n) is 2.58. The highest BCUT2D eigenvalue weighted by molar-refractivity contribution is 9.10. The van der Waals surface area contributed by atoms with Crippen LogP contribution in [-0.4, -0.2) is 11.0 Å². The lowest BCUT2D eigenvalue weighted by Gasteiger charge is -2.10. The molecule has 0 radical (unpaired) electrons. The molecular weight excluding hydrogens is 506 g/mol. The van der Waals surface area contributed by atoms with Gasteiger partial charge in [0.25, 0.3) is 0 Å². The van der Waals surface area contributed by atoms with Crippen LogP contribution in [0.3, 0.4) is 0 Å². The fourth-order valence-corrected chi connectivity index (χ4v) is 2.57. The van der Waals surface area contributed by atoms with Crippen molar-refractivity contribution in [1.29, 1.82) is 0 Å². The molecule has 140 valence electrons. The van der Waals surface area contributed by atoms with E-state index in [4.69, 9.17) is 5.73 Å². The van der Waals surface area contributed by atoms with E-state index in [2.05, 4.69) is 54.7 Å². The molecule has 0 heterocycles.